The third kappa shape index (κ3) is 8.98. The van der Waals surface area contributed by atoms with Crippen LogP contribution in [0.25, 0.3) is 0 Å². The topological polar surface area (TPSA) is 50.4 Å². The van der Waals surface area contributed by atoms with Crippen LogP contribution in [0.1, 0.15) is 11.1 Å². The molecule has 4 nitrogen and oxygen atoms in total. The lowest BCUT2D eigenvalue weighted by Crippen LogP contribution is -2.33. The molecule has 120 valence electrons. The van der Waals surface area contributed by atoms with Gasteiger partial charge in [-0.3, -0.25) is 4.79 Å². The third-order valence-corrected chi connectivity index (χ3v) is 3.97. The van der Waals surface area contributed by atoms with Crippen molar-refractivity contribution in [1.29, 1.82) is 0 Å². The highest BCUT2D eigenvalue weighted by Gasteiger charge is 2.04. The number of ether oxygens (including phenoxy) is 1. The summed E-state index contributed by atoms with van der Waals surface area (Å²) in [5.74, 6) is 0.533. The number of thioether (sulfide) groups is 1. The number of amides is 1. The van der Waals surface area contributed by atoms with Crippen LogP contribution in [0, 0.1) is 13.8 Å². The van der Waals surface area contributed by atoms with E-state index in [1.54, 1.807) is 18.9 Å². The molecule has 0 saturated heterocycles. The molecule has 1 amide bonds. The van der Waals surface area contributed by atoms with Crippen LogP contribution in [0.3, 0.4) is 0 Å². The SMILES string of the molecule is COCCNCCNC(=O)CSc1ccc(C)cc1C.Cl. The highest BCUT2D eigenvalue weighted by Crippen LogP contribution is 2.22. The van der Waals surface area contributed by atoms with Crippen LogP contribution >= 0.6 is 24.2 Å². The summed E-state index contributed by atoms with van der Waals surface area (Å²) in [5, 5.41) is 6.08. The molecule has 0 spiro atoms. The Morgan fingerprint density at radius 1 is 1.24 bits per heavy atom. The Morgan fingerprint density at radius 3 is 2.67 bits per heavy atom. The Morgan fingerprint density at radius 2 is 2.00 bits per heavy atom. The zero-order valence-corrected chi connectivity index (χ0v) is 14.5. The van der Waals surface area contributed by atoms with E-state index in [2.05, 4.69) is 42.7 Å². The zero-order chi connectivity index (χ0) is 14.8. The van der Waals surface area contributed by atoms with Crippen molar-refractivity contribution >= 4 is 30.1 Å². The monoisotopic (exact) mass is 332 g/mol. The lowest BCUT2D eigenvalue weighted by molar-refractivity contribution is -0.118. The van der Waals surface area contributed by atoms with Gasteiger partial charge in [0.05, 0.1) is 12.4 Å². The Hall–Kier alpha value is -0.750. The molecule has 0 aliphatic carbocycles. The second-order valence-corrected chi connectivity index (χ2v) is 5.67. The number of benzene rings is 1. The minimum atomic E-state index is 0. The van der Waals surface area contributed by atoms with E-state index in [0.717, 1.165) is 13.1 Å². The summed E-state index contributed by atoms with van der Waals surface area (Å²) in [5.41, 5.74) is 2.47. The first-order chi connectivity index (χ1) is 9.63. The van der Waals surface area contributed by atoms with Gasteiger partial charge in [0, 0.05) is 31.6 Å². The summed E-state index contributed by atoms with van der Waals surface area (Å²) in [6.07, 6.45) is 0. The number of carbonyl (C=O) groups is 1. The van der Waals surface area contributed by atoms with Gasteiger partial charge < -0.3 is 15.4 Å². The van der Waals surface area contributed by atoms with Crippen LogP contribution < -0.4 is 10.6 Å². The number of carbonyl (C=O) groups excluding carboxylic acids is 1. The van der Waals surface area contributed by atoms with Crippen LogP contribution in [-0.2, 0) is 9.53 Å². The Kier molecular flexibility index (Phi) is 11.4. The summed E-state index contributed by atoms with van der Waals surface area (Å²) < 4.78 is 4.92. The van der Waals surface area contributed by atoms with E-state index in [0.29, 0.717) is 18.9 Å². The maximum absolute atomic E-state index is 11.7. The average molecular weight is 333 g/mol. The minimum Gasteiger partial charge on any atom is -0.383 e. The number of halogens is 1. The Balaban J connectivity index is 0.00000400. The Bertz CT molecular complexity index is 430. The predicted molar refractivity (Wildman–Crippen MR) is 91.6 cm³/mol. The first-order valence-electron chi connectivity index (χ1n) is 6.80. The molecular formula is C15H25ClN2O2S. The van der Waals surface area contributed by atoms with E-state index in [9.17, 15) is 4.79 Å². The van der Waals surface area contributed by atoms with E-state index in [1.165, 1.54) is 16.0 Å². The van der Waals surface area contributed by atoms with Gasteiger partial charge in [-0.15, -0.1) is 24.2 Å². The van der Waals surface area contributed by atoms with Crippen molar-refractivity contribution in [2.45, 2.75) is 18.7 Å². The lowest BCUT2D eigenvalue weighted by Gasteiger charge is -2.08. The molecule has 1 aromatic carbocycles. The fourth-order valence-electron chi connectivity index (χ4n) is 1.75. The average Bonchev–Trinajstić information content (AvgIpc) is 2.41. The molecule has 0 heterocycles. The summed E-state index contributed by atoms with van der Waals surface area (Å²) in [4.78, 5) is 12.9. The quantitative estimate of drug-likeness (QED) is 0.537. The second-order valence-electron chi connectivity index (χ2n) is 4.65. The lowest BCUT2D eigenvalue weighted by atomic mass is 10.2. The van der Waals surface area contributed by atoms with Crippen molar-refractivity contribution in [2.24, 2.45) is 0 Å². The summed E-state index contributed by atoms with van der Waals surface area (Å²) >= 11 is 1.58. The van der Waals surface area contributed by atoms with Crippen molar-refractivity contribution in [1.82, 2.24) is 10.6 Å². The first-order valence-corrected chi connectivity index (χ1v) is 7.78. The molecular weight excluding hydrogens is 308 g/mol. The van der Waals surface area contributed by atoms with Crippen LogP contribution in [0.15, 0.2) is 23.1 Å². The highest BCUT2D eigenvalue weighted by atomic mass is 35.5. The number of hydrogen-bond acceptors (Lipinski definition) is 4. The van der Waals surface area contributed by atoms with Gasteiger partial charge in [0.2, 0.25) is 5.91 Å². The van der Waals surface area contributed by atoms with Gasteiger partial charge in [-0.25, -0.2) is 0 Å². The van der Waals surface area contributed by atoms with Gasteiger partial charge in [0.1, 0.15) is 0 Å². The van der Waals surface area contributed by atoms with Gasteiger partial charge in [-0.2, -0.15) is 0 Å². The van der Waals surface area contributed by atoms with E-state index in [1.807, 2.05) is 0 Å². The van der Waals surface area contributed by atoms with Crippen molar-refractivity contribution in [3.8, 4) is 0 Å². The molecule has 0 radical (unpaired) electrons. The van der Waals surface area contributed by atoms with Gasteiger partial charge in [0.25, 0.3) is 0 Å². The Labute approximate surface area is 137 Å². The third-order valence-electron chi connectivity index (χ3n) is 2.80. The van der Waals surface area contributed by atoms with Gasteiger partial charge >= 0.3 is 0 Å². The number of aryl methyl sites for hydroxylation is 2. The largest absolute Gasteiger partial charge is 0.383 e. The predicted octanol–water partition coefficient (Wildman–Crippen LogP) is 2.17. The fraction of sp³-hybridized carbons (Fsp3) is 0.533. The van der Waals surface area contributed by atoms with Crippen LogP contribution in [-0.4, -0.2) is 45.0 Å². The van der Waals surface area contributed by atoms with Crippen molar-refractivity contribution in [3.63, 3.8) is 0 Å². The zero-order valence-electron chi connectivity index (χ0n) is 12.9. The maximum Gasteiger partial charge on any atom is 0.230 e. The molecule has 0 atom stereocenters. The molecule has 0 unspecified atom stereocenters. The molecule has 6 heteroatoms. The first kappa shape index (κ1) is 20.2. The second kappa shape index (κ2) is 11.9. The summed E-state index contributed by atoms with van der Waals surface area (Å²) in [6.45, 7) is 7.07. The molecule has 0 saturated carbocycles. The van der Waals surface area contributed by atoms with E-state index >= 15 is 0 Å². The van der Waals surface area contributed by atoms with Gasteiger partial charge in [0.15, 0.2) is 0 Å². The van der Waals surface area contributed by atoms with Crippen LogP contribution in [0.2, 0.25) is 0 Å². The number of rotatable bonds is 9. The fourth-order valence-corrected chi connectivity index (χ4v) is 2.58. The molecule has 0 aliphatic heterocycles. The van der Waals surface area contributed by atoms with Crippen molar-refractivity contribution < 1.29 is 9.53 Å². The molecule has 0 aromatic heterocycles. The van der Waals surface area contributed by atoms with E-state index in [-0.39, 0.29) is 18.3 Å². The van der Waals surface area contributed by atoms with Crippen LogP contribution in [0.5, 0.6) is 0 Å². The minimum absolute atomic E-state index is 0. The van der Waals surface area contributed by atoms with E-state index in [4.69, 9.17) is 4.74 Å². The van der Waals surface area contributed by atoms with Crippen LogP contribution in [0.4, 0.5) is 0 Å². The molecule has 0 aliphatic rings. The summed E-state index contributed by atoms with van der Waals surface area (Å²) in [7, 11) is 1.67. The molecule has 0 bridgehead atoms. The normalized spacial score (nSPS) is 10.0. The highest BCUT2D eigenvalue weighted by molar-refractivity contribution is 8.00. The molecule has 0 fully saturated rings. The number of nitrogens with one attached hydrogen (secondary N) is 2. The van der Waals surface area contributed by atoms with Crippen molar-refractivity contribution in [3.05, 3.63) is 29.3 Å². The van der Waals surface area contributed by atoms with Gasteiger partial charge in [-0.05, 0) is 25.5 Å². The maximum atomic E-state index is 11.7. The molecule has 2 N–H and O–H groups in total. The molecule has 1 rings (SSSR count). The smallest absolute Gasteiger partial charge is 0.230 e. The number of methoxy groups -OCH3 is 1. The molecule has 21 heavy (non-hydrogen) atoms. The molecule has 1 aromatic rings. The van der Waals surface area contributed by atoms with E-state index < -0.39 is 0 Å². The standard InChI is InChI=1S/C15H24N2O2S.ClH/c1-12-4-5-14(13(2)10-12)20-11-15(18)17-7-6-16-8-9-19-3;/h4-5,10,16H,6-9,11H2,1-3H3,(H,17,18);1H. The van der Waals surface area contributed by atoms with Crippen molar-refractivity contribution in [2.75, 3.05) is 39.1 Å². The van der Waals surface area contributed by atoms with Gasteiger partial charge in [-0.1, -0.05) is 17.7 Å². The number of hydrogen-bond donors (Lipinski definition) is 2. The summed E-state index contributed by atoms with van der Waals surface area (Å²) in [6, 6.07) is 6.29.